The third-order valence-electron chi connectivity index (χ3n) is 11.0. The summed E-state index contributed by atoms with van der Waals surface area (Å²) in [5.41, 5.74) is 14.3. The Kier molecular flexibility index (Phi) is 6.92. The Labute approximate surface area is 271 Å². The molecule has 2 aromatic carbocycles. The molecule has 0 radical (unpaired) electrons. The van der Waals surface area contributed by atoms with Gasteiger partial charge in [-0.3, -0.25) is 4.98 Å². The van der Waals surface area contributed by atoms with Crippen molar-refractivity contribution in [1.82, 2.24) is 4.98 Å². The lowest BCUT2D eigenvalue weighted by Crippen LogP contribution is -2.42. The second-order valence-corrected chi connectivity index (χ2v) is 13.5. The highest BCUT2D eigenvalue weighted by Crippen LogP contribution is 2.44. The molecule has 0 amide bonds. The fourth-order valence-electron chi connectivity index (χ4n) is 8.73. The molecule has 1 aromatic heterocycles. The number of pyridine rings is 1. The highest BCUT2D eigenvalue weighted by molar-refractivity contribution is 5.94. The van der Waals surface area contributed by atoms with Gasteiger partial charge in [0.05, 0.1) is 5.69 Å². The molecule has 1 heteroatoms. The minimum Gasteiger partial charge on any atom is -0.256 e. The number of hydrogen-bond donors (Lipinski definition) is 0. The molecule has 6 aliphatic carbocycles. The molecular weight excluding hydrogens is 555 g/mol. The lowest BCUT2D eigenvalue weighted by Gasteiger charge is -2.36. The summed E-state index contributed by atoms with van der Waals surface area (Å²) in [6, 6.07) is 22.7. The Morgan fingerprint density at radius 2 is 1.33 bits per heavy atom. The van der Waals surface area contributed by atoms with Crippen LogP contribution in [0.2, 0.25) is 0 Å². The first-order chi connectivity index (χ1) is 22.8. The van der Waals surface area contributed by atoms with Crippen molar-refractivity contribution in [2.75, 3.05) is 0 Å². The van der Waals surface area contributed by atoms with Crippen LogP contribution in [0.15, 0.2) is 138 Å². The average Bonchev–Trinajstić information content (AvgIpc) is 3.13. The van der Waals surface area contributed by atoms with Crippen LogP contribution >= 0.6 is 0 Å². The fraction of sp³-hybridized carbons (Fsp3) is 0.222. The van der Waals surface area contributed by atoms with Crippen LogP contribution < -0.4 is 20.9 Å². The van der Waals surface area contributed by atoms with Crippen LogP contribution in [-0.4, -0.2) is 4.98 Å². The van der Waals surface area contributed by atoms with Gasteiger partial charge in [-0.05, 0) is 128 Å². The molecule has 1 nitrogen and oxygen atoms in total. The van der Waals surface area contributed by atoms with E-state index in [0.29, 0.717) is 11.8 Å². The first-order valence-corrected chi connectivity index (χ1v) is 17.2. The van der Waals surface area contributed by atoms with Gasteiger partial charge in [0.2, 0.25) is 0 Å². The SMILES string of the molecule is C1=CC2C(C3=CC=C(c4ccc(C5=CC6=C(C=CCC6)CC5)nc4)CC3)=c3ccccc3=C(C3=c4ccccc4=CCC3)C2C=C1. The van der Waals surface area contributed by atoms with Gasteiger partial charge >= 0.3 is 0 Å². The predicted molar refractivity (Wildman–Crippen MR) is 193 cm³/mol. The number of rotatable bonds is 4. The van der Waals surface area contributed by atoms with Crippen LogP contribution in [0.1, 0.15) is 62.6 Å². The second kappa shape index (κ2) is 11.6. The Morgan fingerprint density at radius 1 is 0.587 bits per heavy atom. The predicted octanol–water partition coefficient (Wildman–Crippen LogP) is 7.81. The molecule has 46 heavy (non-hydrogen) atoms. The zero-order valence-corrected chi connectivity index (χ0v) is 26.4. The van der Waals surface area contributed by atoms with Crippen molar-refractivity contribution in [3.05, 3.63) is 170 Å². The number of benzene rings is 2. The van der Waals surface area contributed by atoms with Crippen molar-refractivity contribution in [3.8, 4) is 0 Å². The molecule has 0 N–H and O–H groups in total. The van der Waals surface area contributed by atoms with E-state index in [1.54, 1.807) is 0 Å². The molecule has 3 aromatic rings. The topological polar surface area (TPSA) is 12.9 Å². The van der Waals surface area contributed by atoms with Crippen LogP contribution in [0.4, 0.5) is 0 Å². The molecule has 0 saturated heterocycles. The van der Waals surface area contributed by atoms with E-state index in [4.69, 9.17) is 4.98 Å². The molecule has 0 spiro atoms. The summed E-state index contributed by atoms with van der Waals surface area (Å²) in [4.78, 5) is 4.98. The highest BCUT2D eigenvalue weighted by atomic mass is 14.7. The Hall–Kier alpha value is -4.75. The maximum Gasteiger partial charge on any atom is 0.0662 e. The normalized spacial score (nSPS) is 23.0. The summed E-state index contributed by atoms with van der Waals surface area (Å²) in [6.07, 6.45) is 34.7. The standard InChI is InChI=1S/C45H39N/c1-2-12-34-28-35(25-22-30(34)10-1)43-27-26-36(29-46-43)31-20-23-33(24-21-31)44-39-15-5-7-17-41(39)45(42-18-8-6-16-40(42)44)38-19-9-13-32-11-3-4-14-37(32)38/h1,3-8,10-11,13-18,20,23,26-29,39,41H,2,9,12,19,21-22,24-25H2. The Morgan fingerprint density at radius 3 is 2.13 bits per heavy atom. The van der Waals surface area contributed by atoms with E-state index in [0.717, 1.165) is 57.1 Å². The van der Waals surface area contributed by atoms with Gasteiger partial charge in [0.15, 0.2) is 0 Å². The maximum atomic E-state index is 4.98. The second-order valence-electron chi connectivity index (χ2n) is 13.5. The van der Waals surface area contributed by atoms with Crippen LogP contribution in [0, 0.1) is 11.8 Å². The molecule has 224 valence electrons. The van der Waals surface area contributed by atoms with E-state index >= 15 is 0 Å². The minimum atomic E-state index is 0.349. The summed E-state index contributed by atoms with van der Waals surface area (Å²) in [5.74, 6) is 0.700. The first-order valence-electron chi connectivity index (χ1n) is 17.2. The van der Waals surface area contributed by atoms with Crippen molar-refractivity contribution in [2.45, 2.75) is 51.4 Å². The zero-order valence-electron chi connectivity index (χ0n) is 26.4. The third kappa shape index (κ3) is 4.72. The van der Waals surface area contributed by atoms with Crippen molar-refractivity contribution in [1.29, 1.82) is 0 Å². The smallest absolute Gasteiger partial charge is 0.0662 e. The van der Waals surface area contributed by atoms with Crippen molar-refractivity contribution in [2.24, 2.45) is 11.8 Å². The van der Waals surface area contributed by atoms with E-state index in [-0.39, 0.29) is 0 Å². The van der Waals surface area contributed by atoms with Gasteiger partial charge in [0, 0.05) is 18.0 Å². The summed E-state index contributed by atoms with van der Waals surface area (Å²) in [7, 11) is 0. The molecule has 0 saturated carbocycles. The molecule has 1 heterocycles. The molecule has 0 fully saturated rings. The molecular formula is C45H39N. The van der Waals surface area contributed by atoms with Crippen LogP contribution in [0.25, 0.3) is 33.9 Å². The fourth-order valence-corrected chi connectivity index (χ4v) is 8.73. The number of allylic oxidation sites excluding steroid dienone is 14. The van der Waals surface area contributed by atoms with E-state index in [1.165, 1.54) is 71.0 Å². The molecule has 0 aliphatic heterocycles. The summed E-state index contributed by atoms with van der Waals surface area (Å²) in [5, 5.41) is 5.64. The Balaban J connectivity index is 1.11. The molecule has 9 rings (SSSR count). The minimum absolute atomic E-state index is 0.349. The summed E-state index contributed by atoms with van der Waals surface area (Å²) >= 11 is 0. The Bertz CT molecular complexity index is 2240. The van der Waals surface area contributed by atoms with Gasteiger partial charge in [0.1, 0.15) is 0 Å². The molecule has 2 unspecified atom stereocenters. The summed E-state index contributed by atoms with van der Waals surface area (Å²) in [6.45, 7) is 0. The highest BCUT2D eigenvalue weighted by Gasteiger charge is 2.33. The van der Waals surface area contributed by atoms with Gasteiger partial charge in [-0.1, -0.05) is 115 Å². The molecule has 6 aliphatic rings. The van der Waals surface area contributed by atoms with Crippen molar-refractivity contribution < 1.29 is 0 Å². The number of nitrogens with zero attached hydrogens (tertiary/aromatic N) is 1. The van der Waals surface area contributed by atoms with Crippen LogP contribution in [-0.2, 0) is 0 Å². The van der Waals surface area contributed by atoms with Crippen molar-refractivity contribution in [3.63, 3.8) is 0 Å². The monoisotopic (exact) mass is 593 g/mol. The lowest BCUT2D eigenvalue weighted by atomic mass is 9.68. The lowest BCUT2D eigenvalue weighted by molar-refractivity contribution is 0.681. The van der Waals surface area contributed by atoms with Gasteiger partial charge < -0.3 is 0 Å². The van der Waals surface area contributed by atoms with E-state index in [9.17, 15) is 0 Å². The largest absolute Gasteiger partial charge is 0.256 e. The van der Waals surface area contributed by atoms with E-state index < -0.39 is 0 Å². The average molecular weight is 594 g/mol. The summed E-state index contributed by atoms with van der Waals surface area (Å²) < 4.78 is 0. The number of fused-ring (bicyclic) bond motifs is 3. The first kappa shape index (κ1) is 27.6. The quantitative estimate of drug-likeness (QED) is 0.301. The third-order valence-corrected chi connectivity index (χ3v) is 11.0. The van der Waals surface area contributed by atoms with Gasteiger partial charge in [-0.2, -0.15) is 0 Å². The van der Waals surface area contributed by atoms with Gasteiger partial charge in [-0.15, -0.1) is 0 Å². The number of hydrogen-bond acceptors (Lipinski definition) is 1. The van der Waals surface area contributed by atoms with Gasteiger partial charge in [0.25, 0.3) is 0 Å². The zero-order chi connectivity index (χ0) is 30.5. The molecule has 2 atom stereocenters. The van der Waals surface area contributed by atoms with E-state index in [2.05, 4.69) is 128 Å². The maximum absolute atomic E-state index is 4.98. The van der Waals surface area contributed by atoms with Crippen LogP contribution in [0.5, 0.6) is 0 Å². The van der Waals surface area contributed by atoms with E-state index in [1.807, 2.05) is 0 Å². The van der Waals surface area contributed by atoms with Crippen molar-refractivity contribution >= 4 is 33.9 Å². The van der Waals surface area contributed by atoms with Crippen LogP contribution in [0.3, 0.4) is 0 Å². The van der Waals surface area contributed by atoms with Gasteiger partial charge in [-0.25, -0.2) is 0 Å². The molecule has 0 bridgehead atoms. The number of aromatic nitrogens is 1.